The Kier molecular flexibility index (Phi) is 5.14. The minimum atomic E-state index is -0.707. The number of carbonyl (C=O) groups excluding carboxylic acids is 1. The number of hydrogen-bond acceptors (Lipinski definition) is 4. The van der Waals surface area contributed by atoms with Crippen LogP contribution in [-0.4, -0.2) is 47.2 Å². The van der Waals surface area contributed by atoms with Crippen LogP contribution in [0.1, 0.15) is 40.0 Å². The molecular formula is C13H23NO4. The highest BCUT2D eigenvalue weighted by Crippen LogP contribution is 2.17. The van der Waals surface area contributed by atoms with Crippen molar-refractivity contribution >= 4 is 11.9 Å². The van der Waals surface area contributed by atoms with E-state index in [9.17, 15) is 9.59 Å². The lowest BCUT2D eigenvalue weighted by Gasteiger charge is -2.30. The predicted octanol–water partition coefficient (Wildman–Crippen LogP) is 1.51. The molecule has 0 aliphatic carbocycles. The van der Waals surface area contributed by atoms with Gasteiger partial charge >= 0.3 is 11.9 Å². The van der Waals surface area contributed by atoms with E-state index in [1.54, 1.807) is 0 Å². The van der Waals surface area contributed by atoms with Gasteiger partial charge in [-0.3, -0.25) is 9.59 Å². The van der Waals surface area contributed by atoms with Crippen molar-refractivity contribution in [1.29, 1.82) is 0 Å². The number of carbonyl (C=O) groups is 2. The van der Waals surface area contributed by atoms with E-state index in [2.05, 4.69) is 4.90 Å². The predicted molar refractivity (Wildman–Crippen MR) is 67.3 cm³/mol. The van der Waals surface area contributed by atoms with E-state index in [4.69, 9.17) is 9.84 Å². The number of esters is 1. The minimum absolute atomic E-state index is 0.192. The molecule has 18 heavy (non-hydrogen) atoms. The summed E-state index contributed by atoms with van der Waals surface area (Å²) in [5.41, 5.74) is -0.437. The average molecular weight is 257 g/mol. The Morgan fingerprint density at radius 2 is 1.83 bits per heavy atom. The van der Waals surface area contributed by atoms with Crippen molar-refractivity contribution in [3.05, 3.63) is 0 Å². The first-order valence-electron chi connectivity index (χ1n) is 6.45. The van der Waals surface area contributed by atoms with Crippen molar-refractivity contribution in [3.8, 4) is 0 Å². The standard InChI is InChI=1S/C13H23NO4/c1-13(2,3)18-11(15)6-9-14-7-4-10(5-8-14)12(16)17/h10H,4-9H2,1-3H3,(H,16,17). The van der Waals surface area contributed by atoms with Crippen LogP contribution in [0.4, 0.5) is 0 Å². The molecule has 1 N–H and O–H groups in total. The second kappa shape index (κ2) is 6.18. The molecule has 0 atom stereocenters. The molecule has 1 aliphatic rings. The van der Waals surface area contributed by atoms with Crippen LogP contribution in [-0.2, 0) is 14.3 Å². The highest BCUT2D eigenvalue weighted by Gasteiger charge is 2.25. The molecule has 0 spiro atoms. The molecule has 1 aliphatic heterocycles. The van der Waals surface area contributed by atoms with Crippen molar-refractivity contribution in [3.63, 3.8) is 0 Å². The molecular weight excluding hydrogens is 234 g/mol. The van der Waals surface area contributed by atoms with Gasteiger partial charge in [-0.2, -0.15) is 0 Å². The maximum atomic E-state index is 11.5. The van der Waals surface area contributed by atoms with Crippen LogP contribution in [0.15, 0.2) is 0 Å². The van der Waals surface area contributed by atoms with E-state index in [0.717, 1.165) is 13.1 Å². The summed E-state index contributed by atoms with van der Waals surface area (Å²) in [7, 11) is 0. The molecule has 5 heteroatoms. The van der Waals surface area contributed by atoms with Crippen molar-refractivity contribution in [1.82, 2.24) is 4.90 Å². The van der Waals surface area contributed by atoms with Gasteiger partial charge in [0.25, 0.3) is 0 Å². The van der Waals surface area contributed by atoms with E-state index < -0.39 is 11.6 Å². The van der Waals surface area contributed by atoms with Crippen LogP contribution < -0.4 is 0 Å². The van der Waals surface area contributed by atoms with Gasteiger partial charge in [0.1, 0.15) is 5.60 Å². The highest BCUT2D eigenvalue weighted by atomic mass is 16.6. The zero-order chi connectivity index (χ0) is 13.8. The molecule has 0 saturated carbocycles. The maximum absolute atomic E-state index is 11.5. The van der Waals surface area contributed by atoms with Crippen molar-refractivity contribution in [2.24, 2.45) is 5.92 Å². The summed E-state index contributed by atoms with van der Waals surface area (Å²) in [6.07, 6.45) is 1.71. The largest absolute Gasteiger partial charge is 0.481 e. The van der Waals surface area contributed by atoms with E-state index in [1.165, 1.54) is 0 Å². The summed E-state index contributed by atoms with van der Waals surface area (Å²) in [5, 5.41) is 8.88. The first-order chi connectivity index (χ1) is 8.28. The summed E-state index contributed by atoms with van der Waals surface area (Å²) in [6, 6.07) is 0. The van der Waals surface area contributed by atoms with Crippen LogP contribution in [0.5, 0.6) is 0 Å². The van der Waals surface area contributed by atoms with E-state index >= 15 is 0 Å². The molecule has 0 bridgehead atoms. The Morgan fingerprint density at radius 1 is 1.28 bits per heavy atom. The Labute approximate surface area is 108 Å². The average Bonchev–Trinajstić information content (AvgIpc) is 2.24. The van der Waals surface area contributed by atoms with E-state index in [1.807, 2.05) is 20.8 Å². The molecule has 0 aromatic rings. The van der Waals surface area contributed by atoms with Gasteiger partial charge in [-0.25, -0.2) is 0 Å². The maximum Gasteiger partial charge on any atom is 0.307 e. The van der Waals surface area contributed by atoms with Crippen molar-refractivity contribution < 1.29 is 19.4 Å². The molecule has 5 nitrogen and oxygen atoms in total. The van der Waals surface area contributed by atoms with E-state index in [0.29, 0.717) is 25.8 Å². The van der Waals surface area contributed by atoms with Gasteiger partial charge in [-0.15, -0.1) is 0 Å². The summed E-state index contributed by atoms with van der Waals surface area (Å²) in [4.78, 5) is 24.5. The molecule has 0 aromatic heterocycles. The second-order valence-electron chi connectivity index (χ2n) is 5.79. The monoisotopic (exact) mass is 257 g/mol. The van der Waals surface area contributed by atoms with Crippen LogP contribution in [0.25, 0.3) is 0 Å². The number of likely N-dealkylation sites (tertiary alicyclic amines) is 1. The fourth-order valence-electron chi connectivity index (χ4n) is 2.05. The van der Waals surface area contributed by atoms with Crippen LogP contribution in [0.2, 0.25) is 0 Å². The zero-order valence-electron chi connectivity index (χ0n) is 11.4. The number of nitrogens with zero attached hydrogens (tertiary/aromatic N) is 1. The number of rotatable bonds is 4. The summed E-state index contributed by atoms with van der Waals surface area (Å²) >= 11 is 0. The lowest BCUT2D eigenvalue weighted by atomic mass is 9.97. The first-order valence-corrected chi connectivity index (χ1v) is 6.45. The Morgan fingerprint density at radius 3 is 2.28 bits per heavy atom. The van der Waals surface area contributed by atoms with Gasteiger partial charge in [0.05, 0.1) is 12.3 Å². The SMILES string of the molecule is CC(C)(C)OC(=O)CCN1CCC(C(=O)O)CC1. The third-order valence-corrected chi connectivity index (χ3v) is 2.99. The zero-order valence-corrected chi connectivity index (χ0v) is 11.4. The van der Waals surface area contributed by atoms with Gasteiger partial charge < -0.3 is 14.7 Å². The van der Waals surface area contributed by atoms with Crippen LogP contribution >= 0.6 is 0 Å². The Bertz CT molecular complexity index is 301. The van der Waals surface area contributed by atoms with Crippen molar-refractivity contribution in [2.45, 2.75) is 45.6 Å². The first kappa shape index (κ1) is 15.0. The Balaban J connectivity index is 2.22. The van der Waals surface area contributed by atoms with Crippen molar-refractivity contribution in [2.75, 3.05) is 19.6 Å². The Hall–Kier alpha value is -1.10. The normalized spacial score (nSPS) is 18.6. The molecule has 1 rings (SSSR count). The third-order valence-electron chi connectivity index (χ3n) is 2.99. The lowest BCUT2D eigenvalue weighted by Crippen LogP contribution is -2.38. The fourth-order valence-corrected chi connectivity index (χ4v) is 2.05. The second-order valence-corrected chi connectivity index (χ2v) is 5.79. The molecule has 104 valence electrons. The smallest absolute Gasteiger partial charge is 0.307 e. The molecule has 0 radical (unpaired) electrons. The van der Waals surface area contributed by atoms with Crippen LogP contribution in [0, 0.1) is 5.92 Å². The number of ether oxygens (including phenoxy) is 1. The molecule has 1 fully saturated rings. The number of carboxylic acid groups (broad SMARTS) is 1. The van der Waals surface area contributed by atoms with Gasteiger partial charge in [-0.05, 0) is 46.7 Å². The molecule has 0 unspecified atom stereocenters. The lowest BCUT2D eigenvalue weighted by molar-refractivity contribution is -0.155. The molecule has 0 aromatic carbocycles. The quantitative estimate of drug-likeness (QED) is 0.773. The molecule has 0 amide bonds. The molecule has 1 heterocycles. The van der Waals surface area contributed by atoms with Gasteiger partial charge in [-0.1, -0.05) is 0 Å². The third kappa shape index (κ3) is 5.49. The number of carboxylic acids is 1. The summed E-state index contributed by atoms with van der Waals surface area (Å²) in [5.74, 6) is -1.12. The van der Waals surface area contributed by atoms with Gasteiger partial charge in [0.15, 0.2) is 0 Å². The topological polar surface area (TPSA) is 66.8 Å². The van der Waals surface area contributed by atoms with Gasteiger partial charge in [0.2, 0.25) is 0 Å². The number of hydrogen-bond donors (Lipinski definition) is 1. The molecule has 1 saturated heterocycles. The van der Waals surface area contributed by atoms with E-state index in [-0.39, 0.29) is 11.9 Å². The van der Waals surface area contributed by atoms with Crippen LogP contribution in [0.3, 0.4) is 0 Å². The van der Waals surface area contributed by atoms with Gasteiger partial charge in [0, 0.05) is 6.54 Å². The summed E-state index contributed by atoms with van der Waals surface area (Å²) < 4.78 is 5.23. The fraction of sp³-hybridized carbons (Fsp3) is 0.846. The number of aliphatic carboxylic acids is 1. The minimum Gasteiger partial charge on any atom is -0.481 e. The summed E-state index contributed by atoms with van der Waals surface area (Å²) in [6.45, 7) is 7.70. The highest BCUT2D eigenvalue weighted by molar-refractivity contribution is 5.70. The number of piperidine rings is 1.